The highest BCUT2D eigenvalue weighted by Gasteiger charge is 2.38. The molecule has 1 heterocycles. The Hall–Kier alpha value is -2.33. The van der Waals surface area contributed by atoms with Crippen molar-refractivity contribution in [1.82, 2.24) is 4.90 Å². The molecule has 1 N–H and O–H groups in total. The third-order valence-corrected chi connectivity index (χ3v) is 5.52. The molecule has 4 heteroatoms. The van der Waals surface area contributed by atoms with Crippen molar-refractivity contribution in [3.63, 3.8) is 0 Å². The molecule has 26 heavy (non-hydrogen) atoms. The van der Waals surface area contributed by atoms with Gasteiger partial charge < -0.3 is 14.7 Å². The Bertz CT molecular complexity index is 784. The number of rotatable bonds is 4. The number of hydrogen-bond acceptors (Lipinski definition) is 3. The monoisotopic (exact) mass is 353 g/mol. The Morgan fingerprint density at radius 2 is 2.04 bits per heavy atom. The lowest BCUT2D eigenvalue weighted by atomic mass is 9.80. The van der Waals surface area contributed by atoms with Gasteiger partial charge in [-0.25, -0.2) is 0 Å². The minimum Gasteiger partial charge on any atom is -0.496 e. The molecular formula is C22H27NO3. The number of nitrogens with zero attached hydrogens (tertiary/aromatic N) is 1. The van der Waals surface area contributed by atoms with Gasteiger partial charge in [0.2, 0.25) is 0 Å². The fourth-order valence-corrected chi connectivity index (χ4v) is 3.76. The molecule has 0 aliphatic carbocycles. The fraction of sp³-hybridized carbons (Fsp3) is 0.409. The highest BCUT2D eigenvalue weighted by atomic mass is 16.5. The first-order valence-corrected chi connectivity index (χ1v) is 9.21. The van der Waals surface area contributed by atoms with Crippen LogP contribution in [0, 0.1) is 5.92 Å². The molecule has 2 aromatic rings. The van der Waals surface area contributed by atoms with Gasteiger partial charge in [-0.05, 0) is 43.5 Å². The number of benzene rings is 2. The molecule has 1 amide bonds. The number of likely N-dealkylation sites (tertiary alicyclic amines) is 1. The molecule has 2 atom stereocenters. The molecule has 0 radical (unpaired) electrons. The van der Waals surface area contributed by atoms with Crippen LogP contribution in [0.3, 0.4) is 0 Å². The minimum absolute atomic E-state index is 0.0238. The maximum absolute atomic E-state index is 13.0. The van der Waals surface area contributed by atoms with Crippen molar-refractivity contribution in [2.45, 2.75) is 32.3 Å². The van der Waals surface area contributed by atoms with E-state index in [9.17, 15) is 9.90 Å². The van der Waals surface area contributed by atoms with Crippen molar-refractivity contribution in [2.75, 3.05) is 20.2 Å². The van der Waals surface area contributed by atoms with Crippen molar-refractivity contribution in [3.05, 3.63) is 54.1 Å². The van der Waals surface area contributed by atoms with Crippen LogP contribution in [0.1, 0.15) is 37.0 Å². The molecule has 0 saturated carbocycles. The summed E-state index contributed by atoms with van der Waals surface area (Å²) in [4.78, 5) is 14.9. The maximum atomic E-state index is 13.0. The zero-order chi connectivity index (χ0) is 18.7. The molecule has 0 bridgehead atoms. The Kier molecular flexibility index (Phi) is 5.33. The largest absolute Gasteiger partial charge is 0.496 e. The molecule has 0 spiro atoms. The number of carbonyl (C=O) groups excluding carboxylic acids is 1. The summed E-state index contributed by atoms with van der Waals surface area (Å²) in [5, 5.41) is 10.5. The first-order chi connectivity index (χ1) is 12.5. The SMILES string of the molecule is CC[C@H]1CN(C(=O)c2cccc(-c3ccccc3OC)c2)CC[C@@]1(C)O. The van der Waals surface area contributed by atoms with E-state index in [0.717, 1.165) is 23.3 Å². The van der Waals surface area contributed by atoms with Crippen molar-refractivity contribution in [1.29, 1.82) is 0 Å². The van der Waals surface area contributed by atoms with E-state index in [1.165, 1.54) is 0 Å². The molecule has 138 valence electrons. The van der Waals surface area contributed by atoms with Gasteiger partial charge in [-0.15, -0.1) is 0 Å². The second-order valence-electron chi connectivity index (χ2n) is 7.24. The summed E-state index contributed by atoms with van der Waals surface area (Å²) in [5.41, 5.74) is 1.91. The number of hydrogen-bond donors (Lipinski definition) is 1. The molecule has 1 aliphatic heterocycles. The van der Waals surface area contributed by atoms with E-state index >= 15 is 0 Å². The first-order valence-electron chi connectivity index (χ1n) is 9.21. The van der Waals surface area contributed by atoms with E-state index in [2.05, 4.69) is 6.92 Å². The second kappa shape index (κ2) is 7.50. The standard InChI is InChI=1S/C22H27NO3/c1-4-18-15-23(13-12-22(18,2)25)21(24)17-9-7-8-16(14-17)19-10-5-6-11-20(19)26-3/h5-11,14,18,25H,4,12-13,15H2,1-3H3/t18-,22+/m0/s1. The zero-order valence-corrected chi connectivity index (χ0v) is 15.7. The zero-order valence-electron chi connectivity index (χ0n) is 15.7. The van der Waals surface area contributed by atoms with Crippen LogP contribution in [-0.4, -0.2) is 41.7 Å². The number of methoxy groups -OCH3 is 1. The van der Waals surface area contributed by atoms with Crippen molar-refractivity contribution >= 4 is 5.91 Å². The van der Waals surface area contributed by atoms with E-state index < -0.39 is 5.60 Å². The van der Waals surface area contributed by atoms with Crippen LogP contribution < -0.4 is 4.74 Å². The molecule has 4 nitrogen and oxygen atoms in total. The van der Waals surface area contributed by atoms with Gasteiger partial charge in [0.05, 0.1) is 12.7 Å². The predicted octanol–water partition coefficient (Wildman–Crippen LogP) is 3.99. The molecule has 2 aromatic carbocycles. The van der Waals surface area contributed by atoms with Crippen LogP contribution in [0.25, 0.3) is 11.1 Å². The van der Waals surface area contributed by atoms with Gasteiger partial charge in [0.15, 0.2) is 0 Å². The van der Waals surface area contributed by atoms with E-state index in [-0.39, 0.29) is 11.8 Å². The van der Waals surface area contributed by atoms with E-state index in [0.29, 0.717) is 25.1 Å². The van der Waals surface area contributed by atoms with E-state index in [1.54, 1.807) is 7.11 Å². The smallest absolute Gasteiger partial charge is 0.253 e. The number of piperidine rings is 1. The Balaban J connectivity index is 1.85. The van der Waals surface area contributed by atoms with Gasteiger partial charge in [0.25, 0.3) is 5.91 Å². The fourth-order valence-electron chi connectivity index (χ4n) is 3.76. The summed E-state index contributed by atoms with van der Waals surface area (Å²) in [6.45, 7) is 5.13. The average molecular weight is 353 g/mol. The van der Waals surface area contributed by atoms with E-state index in [4.69, 9.17) is 4.74 Å². The highest BCUT2D eigenvalue weighted by molar-refractivity contribution is 5.95. The molecule has 1 aliphatic rings. The summed E-state index contributed by atoms with van der Waals surface area (Å²) in [7, 11) is 1.65. The third-order valence-electron chi connectivity index (χ3n) is 5.52. The van der Waals surface area contributed by atoms with Gasteiger partial charge in [-0.2, -0.15) is 0 Å². The van der Waals surface area contributed by atoms with Crippen molar-refractivity contribution < 1.29 is 14.6 Å². The van der Waals surface area contributed by atoms with Gasteiger partial charge in [-0.3, -0.25) is 4.79 Å². The predicted molar refractivity (Wildman–Crippen MR) is 103 cm³/mol. The lowest BCUT2D eigenvalue weighted by molar-refractivity contribution is -0.0521. The number of carbonyl (C=O) groups is 1. The lowest BCUT2D eigenvalue weighted by Crippen LogP contribution is -2.51. The number of para-hydroxylation sites is 1. The van der Waals surface area contributed by atoms with Crippen molar-refractivity contribution in [3.8, 4) is 16.9 Å². The summed E-state index contributed by atoms with van der Waals surface area (Å²) in [6.07, 6.45) is 1.47. The summed E-state index contributed by atoms with van der Waals surface area (Å²) >= 11 is 0. The van der Waals surface area contributed by atoms with Gasteiger partial charge >= 0.3 is 0 Å². The molecule has 1 saturated heterocycles. The summed E-state index contributed by atoms with van der Waals surface area (Å²) < 4.78 is 5.44. The first kappa shape index (κ1) is 18.5. The highest BCUT2D eigenvalue weighted by Crippen LogP contribution is 2.32. The molecule has 1 fully saturated rings. The lowest BCUT2D eigenvalue weighted by Gasteiger charge is -2.42. The number of aliphatic hydroxyl groups is 1. The van der Waals surface area contributed by atoms with Crippen molar-refractivity contribution in [2.24, 2.45) is 5.92 Å². The normalized spacial score (nSPS) is 22.9. The average Bonchev–Trinajstić information content (AvgIpc) is 2.67. The van der Waals surface area contributed by atoms with Gasteiger partial charge in [0, 0.05) is 30.1 Å². The van der Waals surface area contributed by atoms with Crippen LogP contribution in [-0.2, 0) is 0 Å². The second-order valence-corrected chi connectivity index (χ2v) is 7.24. The summed E-state index contributed by atoms with van der Waals surface area (Å²) in [5.74, 6) is 0.922. The molecule has 3 rings (SSSR count). The Morgan fingerprint density at radius 3 is 2.77 bits per heavy atom. The van der Waals surface area contributed by atoms with Crippen LogP contribution in [0.5, 0.6) is 5.75 Å². The molecule has 0 aromatic heterocycles. The molecule has 0 unspecified atom stereocenters. The molecular weight excluding hydrogens is 326 g/mol. The third kappa shape index (κ3) is 3.61. The summed E-state index contributed by atoms with van der Waals surface area (Å²) in [6, 6.07) is 15.5. The van der Waals surface area contributed by atoms with E-state index in [1.807, 2.05) is 60.4 Å². The minimum atomic E-state index is -0.690. The van der Waals surface area contributed by atoms with Gasteiger partial charge in [-0.1, -0.05) is 37.3 Å². The maximum Gasteiger partial charge on any atom is 0.253 e. The quantitative estimate of drug-likeness (QED) is 0.904. The Morgan fingerprint density at radius 1 is 1.27 bits per heavy atom. The number of ether oxygens (including phenoxy) is 1. The van der Waals surface area contributed by atoms with Crippen LogP contribution >= 0.6 is 0 Å². The van der Waals surface area contributed by atoms with Crippen LogP contribution in [0.2, 0.25) is 0 Å². The van der Waals surface area contributed by atoms with Gasteiger partial charge in [0.1, 0.15) is 5.75 Å². The van der Waals surface area contributed by atoms with Crippen LogP contribution in [0.15, 0.2) is 48.5 Å². The number of amides is 1. The van der Waals surface area contributed by atoms with Crippen LogP contribution in [0.4, 0.5) is 0 Å². The topological polar surface area (TPSA) is 49.8 Å². The Labute approximate surface area is 155 Å².